The van der Waals surface area contributed by atoms with Crippen molar-refractivity contribution in [1.82, 2.24) is 10.6 Å². The molecule has 1 heterocycles. The molecule has 0 aliphatic rings. The van der Waals surface area contributed by atoms with Crippen molar-refractivity contribution in [3.8, 4) is 0 Å². The van der Waals surface area contributed by atoms with Gasteiger partial charge in [0.15, 0.2) is 5.96 Å². The molecule has 0 amide bonds. The lowest BCUT2D eigenvalue weighted by molar-refractivity contribution is 0.180. The van der Waals surface area contributed by atoms with Crippen molar-refractivity contribution >= 4 is 29.9 Å². The first-order chi connectivity index (χ1) is 12.0. The van der Waals surface area contributed by atoms with Crippen LogP contribution in [0.25, 0.3) is 0 Å². The van der Waals surface area contributed by atoms with Gasteiger partial charge in [0.25, 0.3) is 0 Å². The topological polar surface area (TPSA) is 69.8 Å². The fourth-order valence-electron chi connectivity index (χ4n) is 2.40. The van der Waals surface area contributed by atoms with Crippen LogP contribution in [-0.4, -0.2) is 30.7 Å². The van der Waals surface area contributed by atoms with Crippen molar-refractivity contribution in [3.63, 3.8) is 0 Å². The third-order valence-corrected chi connectivity index (χ3v) is 3.75. The van der Waals surface area contributed by atoms with Crippen LogP contribution >= 0.6 is 24.0 Å². The third-order valence-electron chi connectivity index (χ3n) is 3.75. The maximum atomic E-state index is 10.4. The highest BCUT2D eigenvalue weighted by atomic mass is 127. The zero-order valence-corrected chi connectivity index (χ0v) is 18.1. The Morgan fingerprint density at radius 3 is 2.65 bits per heavy atom. The van der Waals surface area contributed by atoms with Crippen LogP contribution in [-0.2, 0) is 6.42 Å². The van der Waals surface area contributed by atoms with E-state index in [0.717, 1.165) is 36.4 Å². The number of aliphatic imine (C=N–C) groups is 1. The Morgan fingerprint density at radius 1 is 1.19 bits per heavy atom. The zero-order valence-electron chi connectivity index (χ0n) is 15.7. The number of hydrogen-bond donors (Lipinski definition) is 3. The van der Waals surface area contributed by atoms with Gasteiger partial charge in [0.05, 0.1) is 12.4 Å². The largest absolute Gasteiger partial charge is 0.469 e. The lowest BCUT2D eigenvalue weighted by Gasteiger charge is -2.17. The molecule has 3 N–H and O–H groups in total. The molecule has 1 aromatic carbocycles. The Balaban J connectivity index is 0.00000338. The highest BCUT2D eigenvalue weighted by Crippen LogP contribution is 2.13. The number of hydrogen-bond acceptors (Lipinski definition) is 3. The number of aliphatic hydroxyl groups is 1. The van der Waals surface area contributed by atoms with Crippen molar-refractivity contribution in [3.05, 3.63) is 59.5 Å². The Labute approximate surface area is 173 Å². The first-order valence-corrected chi connectivity index (χ1v) is 8.84. The van der Waals surface area contributed by atoms with Gasteiger partial charge in [0.2, 0.25) is 0 Å². The molecule has 0 spiro atoms. The van der Waals surface area contributed by atoms with Gasteiger partial charge in [0, 0.05) is 26.1 Å². The fraction of sp³-hybridized carbons (Fsp3) is 0.450. The number of benzene rings is 1. The molecule has 0 bridgehead atoms. The van der Waals surface area contributed by atoms with Crippen LogP contribution in [0.5, 0.6) is 0 Å². The van der Waals surface area contributed by atoms with E-state index in [1.807, 2.05) is 43.3 Å². The predicted molar refractivity (Wildman–Crippen MR) is 117 cm³/mol. The molecule has 0 aliphatic carbocycles. The van der Waals surface area contributed by atoms with Crippen molar-refractivity contribution in [2.75, 3.05) is 19.6 Å². The molecule has 0 radical (unpaired) electrons. The third kappa shape index (κ3) is 8.23. The van der Waals surface area contributed by atoms with Crippen LogP contribution in [0.4, 0.5) is 0 Å². The van der Waals surface area contributed by atoms with Crippen LogP contribution < -0.4 is 10.6 Å². The van der Waals surface area contributed by atoms with E-state index in [2.05, 4.69) is 29.5 Å². The highest BCUT2D eigenvalue weighted by molar-refractivity contribution is 14.0. The van der Waals surface area contributed by atoms with Gasteiger partial charge in [-0.2, -0.15) is 0 Å². The first kappa shape index (κ1) is 22.5. The zero-order chi connectivity index (χ0) is 18.1. The van der Waals surface area contributed by atoms with Gasteiger partial charge < -0.3 is 20.2 Å². The maximum Gasteiger partial charge on any atom is 0.191 e. The highest BCUT2D eigenvalue weighted by Gasteiger charge is 2.09. The van der Waals surface area contributed by atoms with Gasteiger partial charge in [-0.15, -0.1) is 24.0 Å². The number of nitrogens with zero attached hydrogens (tertiary/aromatic N) is 1. The quantitative estimate of drug-likeness (QED) is 0.312. The lowest BCUT2D eigenvalue weighted by atomic mass is 10.1. The SMILES string of the molecule is Cc1cccc(C(O)CNC(=NCC(C)C)NCCc2ccco2)c1.I. The summed E-state index contributed by atoms with van der Waals surface area (Å²) >= 11 is 0. The summed E-state index contributed by atoms with van der Waals surface area (Å²) in [7, 11) is 0. The van der Waals surface area contributed by atoms with Crippen LogP contribution in [0, 0.1) is 12.8 Å². The monoisotopic (exact) mass is 471 g/mol. The molecule has 1 unspecified atom stereocenters. The van der Waals surface area contributed by atoms with Gasteiger partial charge in [-0.3, -0.25) is 4.99 Å². The maximum absolute atomic E-state index is 10.4. The molecule has 6 heteroatoms. The van der Waals surface area contributed by atoms with Gasteiger partial charge in [-0.25, -0.2) is 0 Å². The summed E-state index contributed by atoms with van der Waals surface area (Å²) in [6.07, 6.45) is 1.89. The van der Waals surface area contributed by atoms with Crippen LogP contribution in [0.1, 0.15) is 36.8 Å². The van der Waals surface area contributed by atoms with Crippen molar-refractivity contribution < 1.29 is 9.52 Å². The van der Waals surface area contributed by atoms with Crippen LogP contribution in [0.3, 0.4) is 0 Å². The molecule has 1 atom stereocenters. The van der Waals surface area contributed by atoms with E-state index < -0.39 is 6.10 Å². The number of guanidine groups is 1. The first-order valence-electron chi connectivity index (χ1n) is 8.84. The Morgan fingerprint density at radius 2 is 2.00 bits per heavy atom. The van der Waals surface area contributed by atoms with E-state index in [9.17, 15) is 5.11 Å². The van der Waals surface area contributed by atoms with E-state index in [0.29, 0.717) is 18.4 Å². The Bertz CT molecular complexity index is 657. The lowest BCUT2D eigenvalue weighted by Crippen LogP contribution is -2.40. The standard InChI is InChI=1S/C20H29N3O2.HI/c1-15(2)13-22-20(21-10-9-18-8-5-11-25-18)23-14-19(24)17-7-4-6-16(3)12-17;/h4-8,11-12,15,19,24H,9-10,13-14H2,1-3H3,(H2,21,22,23);1H. The summed E-state index contributed by atoms with van der Waals surface area (Å²) in [5, 5.41) is 16.9. The number of aryl methyl sites for hydroxylation is 1. The van der Waals surface area contributed by atoms with Crippen molar-refractivity contribution in [2.45, 2.75) is 33.3 Å². The number of furan rings is 1. The summed E-state index contributed by atoms with van der Waals surface area (Å²) in [6.45, 7) is 8.15. The molecule has 0 saturated heterocycles. The normalized spacial score (nSPS) is 12.6. The van der Waals surface area contributed by atoms with E-state index >= 15 is 0 Å². The molecule has 1 aromatic heterocycles. The number of aliphatic hydroxyl groups excluding tert-OH is 1. The van der Waals surface area contributed by atoms with E-state index in [4.69, 9.17) is 4.42 Å². The molecule has 0 aliphatic heterocycles. The summed E-state index contributed by atoms with van der Waals surface area (Å²) in [4.78, 5) is 4.58. The smallest absolute Gasteiger partial charge is 0.191 e. The van der Waals surface area contributed by atoms with Gasteiger partial charge in [-0.1, -0.05) is 43.7 Å². The minimum absolute atomic E-state index is 0. The number of halogens is 1. The summed E-state index contributed by atoms with van der Waals surface area (Å²) < 4.78 is 5.34. The number of rotatable bonds is 8. The second kappa shape index (κ2) is 12.0. The molecule has 0 saturated carbocycles. The molecule has 26 heavy (non-hydrogen) atoms. The van der Waals surface area contributed by atoms with Crippen LogP contribution in [0.2, 0.25) is 0 Å². The molecule has 2 aromatic rings. The van der Waals surface area contributed by atoms with E-state index in [1.54, 1.807) is 6.26 Å². The molecule has 0 fully saturated rings. The van der Waals surface area contributed by atoms with Gasteiger partial charge in [-0.05, 0) is 30.5 Å². The second-order valence-electron chi connectivity index (χ2n) is 6.65. The van der Waals surface area contributed by atoms with Crippen molar-refractivity contribution in [2.24, 2.45) is 10.9 Å². The average Bonchev–Trinajstić information content (AvgIpc) is 3.09. The second-order valence-corrected chi connectivity index (χ2v) is 6.65. The molecule has 2 rings (SSSR count). The molecular weight excluding hydrogens is 441 g/mol. The van der Waals surface area contributed by atoms with E-state index in [1.165, 1.54) is 0 Å². The van der Waals surface area contributed by atoms with Gasteiger partial charge >= 0.3 is 0 Å². The fourth-order valence-corrected chi connectivity index (χ4v) is 2.40. The molecular formula is C20H30IN3O2. The average molecular weight is 471 g/mol. The molecule has 5 nitrogen and oxygen atoms in total. The van der Waals surface area contributed by atoms with E-state index in [-0.39, 0.29) is 24.0 Å². The minimum atomic E-state index is -0.573. The summed E-state index contributed by atoms with van der Waals surface area (Å²) in [5.74, 6) is 2.13. The predicted octanol–water partition coefficient (Wildman–Crippen LogP) is 3.67. The van der Waals surface area contributed by atoms with Gasteiger partial charge in [0.1, 0.15) is 5.76 Å². The Hall–Kier alpha value is -1.54. The number of nitrogens with one attached hydrogen (secondary N) is 2. The van der Waals surface area contributed by atoms with Crippen molar-refractivity contribution in [1.29, 1.82) is 0 Å². The minimum Gasteiger partial charge on any atom is -0.469 e. The molecule has 144 valence electrons. The van der Waals surface area contributed by atoms with Crippen LogP contribution in [0.15, 0.2) is 52.1 Å². The summed E-state index contributed by atoms with van der Waals surface area (Å²) in [6, 6.07) is 11.8. The summed E-state index contributed by atoms with van der Waals surface area (Å²) in [5.41, 5.74) is 2.05. The Kier molecular flexibility index (Phi) is 10.3.